The Morgan fingerprint density at radius 1 is 1.16 bits per heavy atom. The van der Waals surface area contributed by atoms with Crippen molar-refractivity contribution >= 4 is 34.9 Å². The Hall–Kier alpha value is 0.146. The van der Waals surface area contributed by atoms with Crippen LogP contribution in [0.1, 0.15) is 72.1 Å². The van der Waals surface area contributed by atoms with Crippen LogP contribution < -0.4 is 22.3 Å². The van der Waals surface area contributed by atoms with Crippen LogP contribution in [-0.4, -0.2) is 58.8 Å². The number of halogens is 1. The van der Waals surface area contributed by atoms with Crippen LogP contribution in [0, 0.1) is 12.8 Å². The molecule has 0 bridgehead atoms. The van der Waals surface area contributed by atoms with Crippen molar-refractivity contribution in [2.75, 3.05) is 6.61 Å². The van der Waals surface area contributed by atoms with Gasteiger partial charge in [0, 0.05) is 31.6 Å². The summed E-state index contributed by atoms with van der Waals surface area (Å²) < 4.78 is 5.60. The van der Waals surface area contributed by atoms with Gasteiger partial charge in [-0.15, -0.1) is 0 Å². The molecule has 0 heterocycles. The monoisotopic (exact) mass is 431 g/mol. The Morgan fingerprint density at radius 2 is 1.76 bits per heavy atom. The molecule has 0 saturated heterocycles. The molecule has 1 amide bonds. The quantitative estimate of drug-likeness (QED) is 0.304. The average molecular weight is 433 g/mol. The summed E-state index contributed by atoms with van der Waals surface area (Å²) in [5, 5.41) is 11.7. The number of carbonyl (C=O) groups excluding carboxylic acids is 1. The van der Waals surface area contributed by atoms with E-state index < -0.39 is 5.97 Å². The molecule has 0 aromatic rings. The third-order valence-corrected chi connectivity index (χ3v) is 3.79. The molecular weight excluding hydrogens is 398 g/mol. The number of carboxylic acid groups (broad SMARTS) is 1. The molecule has 7 heteroatoms. The zero-order valence-electron chi connectivity index (χ0n) is 16.1. The van der Waals surface area contributed by atoms with E-state index in [9.17, 15) is 9.59 Å². The molecule has 2 atom stereocenters. The van der Waals surface area contributed by atoms with Gasteiger partial charge in [0.2, 0.25) is 5.91 Å². The number of rotatable bonds is 14. The van der Waals surface area contributed by atoms with Crippen LogP contribution in [0.25, 0.3) is 0 Å². The predicted octanol–water partition coefficient (Wildman–Crippen LogP) is 0.195. The minimum Gasteiger partial charge on any atom is -1.00 e. The number of amides is 1. The summed E-state index contributed by atoms with van der Waals surface area (Å²) in [4.78, 5) is 22.6. The van der Waals surface area contributed by atoms with Crippen LogP contribution in [-0.2, 0) is 14.3 Å². The van der Waals surface area contributed by atoms with Crippen molar-refractivity contribution in [1.82, 2.24) is 5.32 Å². The third kappa shape index (κ3) is 18.7. The summed E-state index contributed by atoms with van der Waals surface area (Å²) in [7, 11) is 0. The number of carboxylic acids is 1. The van der Waals surface area contributed by atoms with E-state index in [1.165, 1.54) is 0 Å². The van der Waals surface area contributed by atoms with Crippen LogP contribution in [0.5, 0.6) is 0 Å². The zero-order valence-corrected chi connectivity index (χ0v) is 19.1. The van der Waals surface area contributed by atoms with Crippen molar-refractivity contribution in [3.8, 4) is 0 Å². The van der Waals surface area contributed by atoms with E-state index in [-0.39, 0.29) is 70.4 Å². The Kier molecular flexibility index (Phi) is 22.6. The predicted molar refractivity (Wildman–Crippen MR) is 97.9 cm³/mol. The molecule has 0 aromatic carbocycles. The summed E-state index contributed by atoms with van der Waals surface area (Å²) in [6, 6.07) is 0.135. The second-order valence-electron chi connectivity index (χ2n) is 6.38. The molecule has 0 fully saturated rings. The van der Waals surface area contributed by atoms with E-state index in [1.54, 1.807) is 0 Å². The molecule has 0 aliphatic rings. The van der Waals surface area contributed by atoms with E-state index in [2.05, 4.69) is 12.2 Å². The van der Waals surface area contributed by atoms with Crippen LogP contribution in [0.2, 0.25) is 0 Å². The Morgan fingerprint density at radius 3 is 2.24 bits per heavy atom. The van der Waals surface area contributed by atoms with Gasteiger partial charge in [-0.3, -0.25) is 9.59 Å². The molecule has 0 spiro atoms. The van der Waals surface area contributed by atoms with Gasteiger partial charge < -0.3 is 39.1 Å². The molecule has 0 aliphatic carbocycles. The topological polar surface area (TPSA) is 75.6 Å². The first-order valence-corrected chi connectivity index (χ1v) is 8.81. The first-order chi connectivity index (χ1) is 10.9. The van der Waals surface area contributed by atoms with E-state index in [0.29, 0.717) is 19.4 Å². The zero-order chi connectivity index (χ0) is 17.7. The van der Waals surface area contributed by atoms with Crippen LogP contribution in [0.4, 0.5) is 0 Å². The number of aliphatic carboxylic acids is 1. The summed E-state index contributed by atoms with van der Waals surface area (Å²) >= 11 is 0. The van der Waals surface area contributed by atoms with Gasteiger partial charge in [-0.1, -0.05) is 6.42 Å². The molecule has 0 aliphatic heterocycles. The minimum absolute atomic E-state index is 0. The summed E-state index contributed by atoms with van der Waals surface area (Å²) in [6.07, 6.45) is 5.83. The van der Waals surface area contributed by atoms with Gasteiger partial charge in [0.15, 0.2) is 0 Å². The number of hydrogen-bond donors (Lipinski definition) is 2. The van der Waals surface area contributed by atoms with Gasteiger partial charge in [0.25, 0.3) is 0 Å². The normalized spacial score (nSPS) is 12.7. The molecule has 0 aromatic heterocycles. The van der Waals surface area contributed by atoms with Gasteiger partial charge in [-0.25, -0.2) is 0 Å². The fourth-order valence-corrected chi connectivity index (χ4v) is 2.71. The van der Waals surface area contributed by atoms with Crippen LogP contribution in [0.15, 0.2) is 0 Å². The summed E-state index contributed by atoms with van der Waals surface area (Å²) in [5.74, 6) is -0.483. The molecule has 5 nitrogen and oxygen atoms in total. The van der Waals surface area contributed by atoms with Crippen molar-refractivity contribution in [2.45, 2.75) is 84.3 Å². The van der Waals surface area contributed by atoms with Crippen molar-refractivity contribution < 1.29 is 36.4 Å². The minimum atomic E-state index is -0.774. The Bertz CT molecular complexity index is 343. The molecular formula is C18H34BrMgNO4. The molecule has 2 unspecified atom stereocenters. The Balaban J connectivity index is -0.00000242. The van der Waals surface area contributed by atoms with Crippen molar-refractivity contribution in [3.05, 3.63) is 6.92 Å². The third-order valence-electron chi connectivity index (χ3n) is 3.79. The number of ether oxygens (including phenoxy) is 1. The molecule has 144 valence electrons. The first-order valence-electron chi connectivity index (χ1n) is 8.81. The van der Waals surface area contributed by atoms with Gasteiger partial charge >= 0.3 is 29.0 Å². The first kappa shape index (κ1) is 29.9. The summed E-state index contributed by atoms with van der Waals surface area (Å²) in [6.45, 7) is 10.5. The molecule has 25 heavy (non-hydrogen) atoms. The van der Waals surface area contributed by atoms with Crippen molar-refractivity contribution in [1.29, 1.82) is 0 Å². The second-order valence-corrected chi connectivity index (χ2v) is 6.38. The maximum atomic E-state index is 12.0. The number of hydrogen-bond acceptors (Lipinski definition) is 3. The van der Waals surface area contributed by atoms with Crippen LogP contribution >= 0.6 is 0 Å². The molecule has 0 rings (SSSR count). The smallest absolute Gasteiger partial charge is 1.00 e. The van der Waals surface area contributed by atoms with Gasteiger partial charge in [0.1, 0.15) is 0 Å². The fraction of sp³-hybridized carbons (Fsp3) is 0.833. The molecule has 2 N–H and O–H groups in total. The van der Waals surface area contributed by atoms with E-state index in [0.717, 1.165) is 32.1 Å². The van der Waals surface area contributed by atoms with Gasteiger partial charge in [-0.2, -0.15) is 6.42 Å². The molecule has 0 radical (unpaired) electrons. The van der Waals surface area contributed by atoms with Crippen molar-refractivity contribution in [2.24, 2.45) is 5.92 Å². The Labute approximate surface area is 180 Å². The largest absolute Gasteiger partial charge is 2.00 e. The van der Waals surface area contributed by atoms with Crippen LogP contribution in [0.3, 0.4) is 0 Å². The van der Waals surface area contributed by atoms with Gasteiger partial charge in [-0.05, 0) is 52.4 Å². The van der Waals surface area contributed by atoms with E-state index in [4.69, 9.17) is 9.84 Å². The summed E-state index contributed by atoms with van der Waals surface area (Å²) in [5.41, 5.74) is 0. The van der Waals surface area contributed by atoms with Crippen molar-refractivity contribution in [3.63, 3.8) is 0 Å². The second kappa shape index (κ2) is 18.9. The number of nitrogens with one attached hydrogen (secondary N) is 1. The average Bonchev–Trinajstić information content (AvgIpc) is 2.44. The maximum absolute atomic E-state index is 12.0. The fourth-order valence-electron chi connectivity index (χ4n) is 2.71. The maximum Gasteiger partial charge on any atom is 2.00 e. The number of carbonyl (C=O) groups is 2. The standard InChI is InChI=1S/C18H34NO4.BrH.Mg/c1-5-16(23-6-2)11-7-9-15(10-8-12-18(21)22)13-17(20)19-14(3)4;;/h14-16H,1,5-13H2,2-4H3,(H,19,20)(H,21,22);1H;/q-1;;+2/p-1. The van der Waals surface area contributed by atoms with E-state index >= 15 is 0 Å². The SMILES string of the molecule is [Br-].[CH2-]CC(CCCC(CCCC(=O)O)CC(=O)NC(C)C)OCC.[Mg+2]. The van der Waals surface area contributed by atoms with Gasteiger partial charge in [0.05, 0.1) is 0 Å². The molecule has 0 saturated carbocycles. The van der Waals surface area contributed by atoms with E-state index in [1.807, 2.05) is 20.8 Å².